The van der Waals surface area contributed by atoms with Gasteiger partial charge in [0, 0.05) is 25.8 Å². The summed E-state index contributed by atoms with van der Waals surface area (Å²) in [5, 5.41) is 4.19. The van der Waals surface area contributed by atoms with E-state index in [9.17, 15) is 9.18 Å². The number of rotatable bonds is 6. The Morgan fingerprint density at radius 3 is 2.91 bits per heavy atom. The molecule has 0 spiro atoms. The minimum Gasteiger partial charge on any atom is -0.484 e. The predicted molar refractivity (Wildman–Crippen MR) is 79.2 cm³/mol. The standard InChI is InChI=1S/C15H17FN4O3/c1-19-15(10(4-18-19)8-22-2)13-3-14(12(16)5-17-13)23-11-6-20(7-11)9-21/h3-5,9,11H,6-8H2,1-2H3. The van der Waals surface area contributed by atoms with Gasteiger partial charge in [-0.15, -0.1) is 0 Å². The smallest absolute Gasteiger partial charge is 0.209 e. The first-order valence-corrected chi connectivity index (χ1v) is 7.14. The van der Waals surface area contributed by atoms with E-state index in [1.165, 1.54) is 0 Å². The highest BCUT2D eigenvalue weighted by Crippen LogP contribution is 2.28. The van der Waals surface area contributed by atoms with E-state index in [2.05, 4.69) is 10.1 Å². The lowest BCUT2D eigenvalue weighted by Crippen LogP contribution is -2.52. The second-order valence-corrected chi connectivity index (χ2v) is 5.37. The van der Waals surface area contributed by atoms with Crippen LogP contribution in [0.3, 0.4) is 0 Å². The second-order valence-electron chi connectivity index (χ2n) is 5.37. The highest BCUT2D eigenvalue weighted by atomic mass is 19.1. The van der Waals surface area contributed by atoms with Gasteiger partial charge in [-0.25, -0.2) is 4.39 Å². The van der Waals surface area contributed by atoms with Crippen LogP contribution in [0.1, 0.15) is 5.56 Å². The highest BCUT2D eigenvalue weighted by molar-refractivity contribution is 5.60. The zero-order chi connectivity index (χ0) is 16.4. The summed E-state index contributed by atoms with van der Waals surface area (Å²) in [5.74, 6) is -0.413. The number of hydrogen-bond donors (Lipinski definition) is 0. The molecule has 8 heteroatoms. The van der Waals surface area contributed by atoms with Gasteiger partial charge in [-0.2, -0.15) is 5.10 Å². The molecule has 0 aromatic carbocycles. The van der Waals surface area contributed by atoms with Gasteiger partial charge in [0.05, 0.1) is 43.5 Å². The third kappa shape index (κ3) is 3.02. The number of pyridine rings is 1. The van der Waals surface area contributed by atoms with E-state index in [1.807, 2.05) is 0 Å². The third-order valence-corrected chi connectivity index (χ3v) is 3.70. The Morgan fingerprint density at radius 2 is 2.22 bits per heavy atom. The summed E-state index contributed by atoms with van der Waals surface area (Å²) in [6, 6.07) is 1.55. The molecule has 7 nitrogen and oxygen atoms in total. The van der Waals surface area contributed by atoms with Gasteiger partial charge >= 0.3 is 0 Å². The minimum absolute atomic E-state index is 0.120. The number of carbonyl (C=O) groups excluding carboxylic acids is 1. The van der Waals surface area contributed by atoms with Gasteiger partial charge in [-0.05, 0) is 0 Å². The molecule has 1 aliphatic heterocycles. The van der Waals surface area contributed by atoms with E-state index in [4.69, 9.17) is 9.47 Å². The molecule has 23 heavy (non-hydrogen) atoms. The van der Waals surface area contributed by atoms with Crippen LogP contribution in [0.2, 0.25) is 0 Å². The van der Waals surface area contributed by atoms with E-state index in [0.717, 1.165) is 23.9 Å². The van der Waals surface area contributed by atoms with Crippen LogP contribution >= 0.6 is 0 Å². The highest BCUT2D eigenvalue weighted by Gasteiger charge is 2.28. The van der Waals surface area contributed by atoms with Crippen molar-refractivity contribution in [1.82, 2.24) is 19.7 Å². The maximum atomic E-state index is 13.9. The Kier molecular flexibility index (Phi) is 4.24. The number of nitrogens with zero attached hydrogens (tertiary/aromatic N) is 4. The van der Waals surface area contributed by atoms with Crippen molar-refractivity contribution in [1.29, 1.82) is 0 Å². The second kappa shape index (κ2) is 6.33. The SMILES string of the molecule is COCc1cnn(C)c1-c1cc(OC2CN(C=O)C2)c(F)cn1. The molecule has 3 heterocycles. The molecule has 0 unspecified atom stereocenters. The molecule has 1 saturated heterocycles. The van der Waals surface area contributed by atoms with Crippen LogP contribution < -0.4 is 4.74 Å². The van der Waals surface area contributed by atoms with Gasteiger partial charge in [0.15, 0.2) is 11.6 Å². The molecule has 0 atom stereocenters. The summed E-state index contributed by atoms with van der Waals surface area (Å²) < 4.78 is 26.4. The first-order valence-electron chi connectivity index (χ1n) is 7.14. The molecule has 0 radical (unpaired) electrons. The van der Waals surface area contributed by atoms with Gasteiger partial charge in [-0.3, -0.25) is 14.5 Å². The number of halogens is 1. The maximum Gasteiger partial charge on any atom is 0.209 e. The molecule has 0 N–H and O–H groups in total. The first kappa shape index (κ1) is 15.4. The van der Waals surface area contributed by atoms with E-state index in [-0.39, 0.29) is 11.9 Å². The van der Waals surface area contributed by atoms with Crippen LogP contribution in [0.25, 0.3) is 11.4 Å². The fourth-order valence-corrected chi connectivity index (χ4v) is 2.52. The molecule has 3 rings (SSSR count). The van der Waals surface area contributed by atoms with E-state index in [0.29, 0.717) is 25.4 Å². The lowest BCUT2D eigenvalue weighted by atomic mass is 10.1. The average Bonchev–Trinajstić information content (AvgIpc) is 2.85. The summed E-state index contributed by atoms with van der Waals surface area (Å²) in [7, 11) is 3.38. The molecule has 122 valence electrons. The Hall–Kier alpha value is -2.48. The van der Waals surface area contributed by atoms with Crippen LogP contribution in [-0.4, -0.2) is 52.4 Å². The number of hydrogen-bond acceptors (Lipinski definition) is 5. The lowest BCUT2D eigenvalue weighted by molar-refractivity contribution is -0.126. The van der Waals surface area contributed by atoms with E-state index < -0.39 is 5.82 Å². The van der Waals surface area contributed by atoms with Crippen LogP contribution in [0, 0.1) is 5.82 Å². The normalized spacial score (nSPS) is 14.7. The monoisotopic (exact) mass is 320 g/mol. The van der Waals surface area contributed by atoms with Gasteiger partial charge in [0.25, 0.3) is 0 Å². The van der Waals surface area contributed by atoms with Gasteiger partial charge in [-0.1, -0.05) is 0 Å². The molecule has 1 aliphatic rings. The van der Waals surface area contributed by atoms with Gasteiger partial charge < -0.3 is 14.4 Å². The number of amides is 1. The molecule has 0 saturated carbocycles. The zero-order valence-corrected chi connectivity index (χ0v) is 12.9. The topological polar surface area (TPSA) is 69.5 Å². The van der Waals surface area contributed by atoms with Crippen LogP contribution in [0.5, 0.6) is 5.75 Å². The number of likely N-dealkylation sites (tertiary alicyclic amines) is 1. The molecule has 1 fully saturated rings. The maximum absolute atomic E-state index is 13.9. The van der Waals surface area contributed by atoms with Crippen LogP contribution in [-0.2, 0) is 23.2 Å². The number of methoxy groups -OCH3 is 1. The quantitative estimate of drug-likeness (QED) is 0.742. The molecule has 0 bridgehead atoms. The van der Waals surface area contributed by atoms with Crippen molar-refractivity contribution in [3.05, 3.63) is 29.8 Å². The molecule has 0 aliphatic carbocycles. The summed E-state index contributed by atoms with van der Waals surface area (Å²) in [4.78, 5) is 16.3. The van der Waals surface area contributed by atoms with E-state index in [1.54, 1.807) is 36.0 Å². The number of aromatic nitrogens is 3. The van der Waals surface area contributed by atoms with Crippen molar-refractivity contribution in [2.75, 3.05) is 20.2 Å². The fourth-order valence-electron chi connectivity index (χ4n) is 2.52. The number of ether oxygens (including phenoxy) is 2. The molecular weight excluding hydrogens is 303 g/mol. The van der Waals surface area contributed by atoms with Crippen molar-refractivity contribution in [3.63, 3.8) is 0 Å². The van der Waals surface area contributed by atoms with Gasteiger partial charge in [0.2, 0.25) is 6.41 Å². The largest absolute Gasteiger partial charge is 0.484 e. The Balaban J connectivity index is 1.86. The van der Waals surface area contributed by atoms with Gasteiger partial charge in [0.1, 0.15) is 6.10 Å². The third-order valence-electron chi connectivity index (χ3n) is 3.70. The van der Waals surface area contributed by atoms with Crippen molar-refractivity contribution in [3.8, 4) is 17.1 Å². The summed E-state index contributed by atoms with van der Waals surface area (Å²) in [6.45, 7) is 1.30. The summed E-state index contributed by atoms with van der Waals surface area (Å²) in [5.41, 5.74) is 2.16. The molecule has 2 aromatic heterocycles. The van der Waals surface area contributed by atoms with E-state index >= 15 is 0 Å². The first-order chi connectivity index (χ1) is 11.1. The Bertz CT molecular complexity index is 713. The molecule has 1 amide bonds. The minimum atomic E-state index is -0.534. The molecule has 2 aromatic rings. The lowest BCUT2D eigenvalue weighted by Gasteiger charge is -2.36. The van der Waals surface area contributed by atoms with Crippen molar-refractivity contribution in [2.24, 2.45) is 7.05 Å². The van der Waals surface area contributed by atoms with Crippen molar-refractivity contribution < 1.29 is 18.7 Å². The summed E-state index contributed by atoms with van der Waals surface area (Å²) in [6.07, 6.45) is 3.37. The average molecular weight is 320 g/mol. The molecular formula is C15H17FN4O3. The van der Waals surface area contributed by atoms with Crippen molar-refractivity contribution >= 4 is 6.41 Å². The number of aryl methyl sites for hydroxylation is 1. The van der Waals surface area contributed by atoms with Crippen LogP contribution in [0.4, 0.5) is 4.39 Å². The predicted octanol–water partition coefficient (Wildman–Crippen LogP) is 0.987. The van der Waals surface area contributed by atoms with Crippen molar-refractivity contribution in [2.45, 2.75) is 12.7 Å². The number of carbonyl (C=O) groups is 1. The summed E-state index contributed by atoms with van der Waals surface area (Å²) >= 11 is 0. The fraction of sp³-hybridized carbons (Fsp3) is 0.400. The Morgan fingerprint density at radius 1 is 1.43 bits per heavy atom. The zero-order valence-electron chi connectivity index (χ0n) is 12.9. The van der Waals surface area contributed by atoms with Crippen LogP contribution in [0.15, 0.2) is 18.5 Å². The Labute approximate surface area is 132 Å².